The Bertz CT molecular complexity index is 398. The van der Waals surface area contributed by atoms with E-state index in [1.165, 1.54) is 11.8 Å². The van der Waals surface area contributed by atoms with Crippen molar-refractivity contribution in [2.24, 2.45) is 0 Å². The third-order valence-electron chi connectivity index (χ3n) is 2.22. The normalized spacial score (nSPS) is 13.1. The monoisotopic (exact) mass is 293 g/mol. The predicted octanol–water partition coefficient (Wildman–Crippen LogP) is 1.96. The molecule has 0 spiro atoms. The highest BCUT2D eigenvalue weighted by atomic mass is 32.2. The molecule has 0 saturated heterocycles. The first-order valence-corrected chi connectivity index (χ1v) is 6.68. The number of aliphatic hydroxyl groups is 1. The van der Waals surface area contributed by atoms with Crippen molar-refractivity contribution in [3.05, 3.63) is 35.9 Å². The number of carbonyl (C=O) groups excluding carboxylic acids is 1. The maximum Gasteiger partial charge on any atom is 0.416 e. The number of hydrogen-bond donors (Lipinski definition) is 2. The molecular formula is C12H14F3NO2S. The summed E-state index contributed by atoms with van der Waals surface area (Å²) in [5.41, 5.74) is 1.04. The summed E-state index contributed by atoms with van der Waals surface area (Å²) in [5.74, 6) is 0.138. The molecule has 1 atom stereocenters. The Morgan fingerprint density at radius 3 is 2.53 bits per heavy atom. The van der Waals surface area contributed by atoms with E-state index in [9.17, 15) is 18.0 Å². The molecule has 0 heterocycles. The van der Waals surface area contributed by atoms with Gasteiger partial charge in [-0.05, 0) is 5.56 Å². The van der Waals surface area contributed by atoms with Gasteiger partial charge in [0.1, 0.15) is 0 Å². The lowest BCUT2D eigenvalue weighted by Crippen LogP contribution is -2.41. The number of carbonyl (C=O) groups is 1. The van der Waals surface area contributed by atoms with Crippen LogP contribution in [-0.4, -0.2) is 35.6 Å². The van der Waals surface area contributed by atoms with Crippen LogP contribution in [0.2, 0.25) is 0 Å². The van der Waals surface area contributed by atoms with Gasteiger partial charge in [-0.1, -0.05) is 30.3 Å². The highest BCUT2D eigenvalue weighted by molar-refractivity contribution is 7.99. The number of thioether (sulfide) groups is 1. The number of rotatable bonds is 6. The van der Waals surface area contributed by atoms with Crippen molar-refractivity contribution >= 4 is 17.7 Å². The molecule has 0 bridgehead atoms. The van der Waals surface area contributed by atoms with Crippen molar-refractivity contribution in [2.45, 2.75) is 18.0 Å². The Balaban J connectivity index is 2.18. The summed E-state index contributed by atoms with van der Waals surface area (Å²) in [6, 6.07) is 9.42. The van der Waals surface area contributed by atoms with Crippen LogP contribution in [0.3, 0.4) is 0 Å². The molecule has 0 aromatic heterocycles. The lowest BCUT2D eigenvalue weighted by molar-refractivity contribution is -0.201. The number of aliphatic hydroxyl groups excluding tert-OH is 1. The van der Waals surface area contributed by atoms with E-state index in [0.717, 1.165) is 5.56 Å². The molecule has 1 amide bonds. The fraction of sp³-hybridized carbons (Fsp3) is 0.417. The molecule has 1 aromatic carbocycles. The molecule has 0 radical (unpaired) electrons. The number of hydrogen-bond acceptors (Lipinski definition) is 3. The molecule has 0 aliphatic rings. The molecule has 0 aliphatic heterocycles. The zero-order chi connectivity index (χ0) is 14.3. The van der Waals surface area contributed by atoms with E-state index in [-0.39, 0.29) is 5.75 Å². The summed E-state index contributed by atoms with van der Waals surface area (Å²) in [6.07, 6.45) is -7.22. The van der Waals surface area contributed by atoms with Gasteiger partial charge in [0.25, 0.3) is 0 Å². The second-order valence-corrected chi connectivity index (χ2v) is 4.83. The lowest BCUT2D eigenvalue weighted by atomic mass is 10.2. The Morgan fingerprint density at radius 2 is 1.95 bits per heavy atom. The van der Waals surface area contributed by atoms with Crippen molar-refractivity contribution in [3.8, 4) is 0 Å². The fourth-order valence-corrected chi connectivity index (χ4v) is 2.03. The molecular weight excluding hydrogens is 279 g/mol. The second kappa shape index (κ2) is 7.40. The zero-order valence-electron chi connectivity index (χ0n) is 9.98. The number of alkyl halides is 3. The maximum atomic E-state index is 12.0. The molecule has 1 rings (SSSR count). The average Bonchev–Trinajstić information content (AvgIpc) is 2.36. The second-order valence-electron chi connectivity index (χ2n) is 3.84. The van der Waals surface area contributed by atoms with E-state index in [1.807, 2.05) is 35.6 Å². The van der Waals surface area contributed by atoms with Gasteiger partial charge in [-0.15, -0.1) is 11.8 Å². The molecule has 106 valence electrons. The van der Waals surface area contributed by atoms with Gasteiger partial charge in [0, 0.05) is 5.75 Å². The molecule has 1 aromatic rings. The molecule has 3 nitrogen and oxygen atoms in total. The Morgan fingerprint density at radius 1 is 1.32 bits per heavy atom. The standard InChI is InChI=1S/C12H14F3NO2S/c13-12(14,15)10(17)6-16-11(18)8-19-7-9-4-2-1-3-5-9/h1-5,10,17H,6-8H2,(H,16,18). The van der Waals surface area contributed by atoms with Gasteiger partial charge < -0.3 is 10.4 Å². The van der Waals surface area contributed by atoms with Crippen LogP contribution in [0.15, 0.2) is 30.3 Å². The maximum absolute atomic E-state index is 12.0. The predicted molar refractivity (Wildman–Crippen MR) is 67.7 cm³/mol. The summed E-state index contributed by atoms with van der Waals surface area (Å²) in [5, 5.41) is 10.7. The van der Waals surface area contributed by atoms with Crippen LogP contribution in [0.25, 0.3) is 0 Å². The quantitative estimate of drug-likeness (QED) is 0.843. The van der Waals surface area contributed by atoms with Crippen molar-refractivity contribution in [1.82, 2.24) is 5.32 Å². The van der Waals surface area contributed by atoms with E-state index in [2.05, 4.69) is 0 Å². The number of nitrogens with one attached hydrogen (secondary N) is 1. The fourth-order valence-electron chi connectivity index (χ4n) is 1.21. The molecule has 1 unspecified atom stereocenters. The molecule has 0 saturated carbocycles. The smallest absolute Gasteiger partial charge is 0.382 e. The SMILES string of the molecule is O=C(CSCc1ccccc1)NCC(O)C(F)(F)F. The Labute approximate surface area is 113 Å². The summed E-state index contributed by atoms with van der Waals surface area (Å²) >= 11 is 1.30. The van der Waals surface area contributed by atoms with E-state index >= 15 is 0 Å². The average molecular weight is 293 g/mol. The first-order valence-electron chi connectivity index (χ1n) is 5.52. The largest absolute Gasteiger partial charge is 0.416 e. The van der Waals surface area contributed by atoms with Gasteiger partial charge in [0.2, 0.25) is 5.91 Å². The first kappa shape index (κ1) is 15.8. The van der Waals surface area contributed by atoms with Crippen LogP contribution >= 0.6 is 11.8 Å². The third kappa shape index (κ3) is 6.49. The van der Waals surface area contributed by atoms with Gasteiger partial charge in [0.15, 0.2) is 6.10 Å². The third-order valence-corrected chi connectivity index (χ3v) is 3.22. The minimum atomic E-state index is -4.70. The van der Waals surface area contributed by atoms with Crippen molar-refractivity contribution in [1.29, 1.82) is 0 Å². The lowest BCUT2D eigenvalue weighted by Gasteiger charge is -2.14. The zero-order valence-corrected chi connectivity index (χ0v) is 10.8. The van der Waals surface area contributed by atoms with Crippen molar-refractivity contribution in [3.63, 3.8) is 0 Å². The van der Waals surface area contributed by atoms with Gasteiger partial charge >= 0.3 is 6.18 Å². The molecule has 0 aliphatic carbocycles. The van der Waals surface area contributed by atoms with E-state index in [0.29, 0.717) is 5.75 Å². The van der Waals surface area contributed by atoms with Gasteiger partial charge in [-0.2, -0.15) is 13.2 Å². The van der Waals surface area contributed by atoms with Crippen LogP contribution < -0.4 is 5.32 Å². The van der Waals surface area contributed by atoms with Crippen molar-refractivity contribution in [2.75, 3.05) is 12.3 Å². The summed E-state index contributed by atoms with van der Waals surface area (Å²) < 4.78 is 35.9. The first-order chi connectivity index (χ1) is 8.89. The van der Waals surface area contributed by atoms with Gasteiger partial charge in [-0.3, -0.25) is 4.79 Å². The van der Waals surface area contributed by atoms with E-state index in [1.54, 1.807) is 0 Å². The summed E-state index contributed by atoms with van der Waals surface area (Å²) in [7, 11) is 0. The van der Waals surface area contributed by atoms with Crippen LogP contribution in [0.4, 0.5) is 13.2 Å². The van der Waals surface area contributed by atoms with E-state index < -0.39 is 24.7 Å². The van der Waals surface area contributed by atoms with Gasteiger partial charge in [-0.25, -0.2) is 0 Å². The van der Waals surface area contributed by atoms with Crippen molar-refractivity contribution < 1.29 is 23.1 Å². The van der Waals surface area contributed by atoms with E-state index in [4.69, 9.17) is 5.11 Å². The minimum absolute atomic E-state index is 0.0550. The topological polar surface area (TPSA) is 49.3 Å². The van der Waals surface area contributed by atoms with Crippen LogP contribution in [0, 0.1) is 0 Å². The number of benzene rings is 1. The van der Waals surface area contributed by atoms with Crippen LogP contribution in [0.1, 0.15) is 5.56 Å². The Hall–Kier alpha value is -1.21. The Kier molecular flexibility index (Phi) is 6.17. The number of halogens is 3. The summed E-state index contributed by atoms with van der Waals surface area (Å²) in [4.78, 5) is 11.3. The van der Waals surface area contributed by atoms with Crippen LogP contribution in [-0.2, 0) is 10.5 Å². The van der Waals surface area contributed by atoms with Gasteiger partial charge in [0.05, 0.1) is 12.3 Å². The minimum Gasteiger partial charge on any atom is -0.382 e. The molecule has 2 N–H and O–H groups in total. The number of amides is 1. The summed E-state index contributed by atoms with van der Waals surface area (Å²) in [6.45, 7) is -0.811. The van der Waals surface area contributed by atoms with Crippen LogP contribution in [0.5, 0.6) is 0 Å². The molecule has 7 heteroatoms. The highest BCUT2D eigenvalue weighted by Crippen LogP contribution is 2.19. The highest BCUT2D eigenvalue weighted by Gasteiger charge is 2.38. The molecule has 0 fully saturated rings. The molecule has 19 heavy (non-hydrogen) atoms.